The minimum atomic E-state index is 0.495. The predicted octanol–water partition coefficient (Wildman–Crippen LogP) is 11.8. The number of para-hydroxylation sites is 2. The van der Waals surface area contributed by atoms with Crippen LogP contribution in [-0.2, 0) is 0 Å². The molecule has 7 aromatic carbocycles. The fourth-order valence-corrected chi connectivity index (χ4v) is 7.39. The summed E-state index contributed by atoms with van der Waals surface area (Å²) in [6.07, 6.45) is 1.78. The Morgan fingerprint density at radius 2 is 1.00 bits per heavy atom. The first-order valence-corrected chi connectivity index (χ1v) is 15.6. The highest BCUT2D eigenvalue weighted by atomic mass is 16.3. The summed E-state index contributed by atoms with van der Waals surface area (Å²) < 4.78 is 19.3. The lowest BCUT2D eigenvalue weighted by atomic mass is 9.96. The van der Waals surface area contributed by atoms with Crippen molar-refractivity contribution < 1.29 is 13.3 Å². The number of rotatable bonds is 2. The molecule has 11 rings (SSSR count). The molecular weight excluding hydrogens is 580 g/mol. The van der Waals surface area contributed by atoms with Gasteiger partial charge < -0.3 is 13.3 Å². The van der Waals surface area contributed by atoms with E-state index in [1.807, 2.05) is 30.3 Å². The summed E-state index contributed by atoms with van der Waals surface area (Å²) in [5.41, 5.74) is 8.99. The Morgan fingerprint density at radius 3 is 1.68 bits per heavy atom. The zero-order chi connectivity index (χ0) is 30.6. The topological polar surface area (TPSA) is 65.2 Å². The second-order valence-electron chi connectivity index (χ2n) is 12.1. The highest BCUT2D eigenvalue weighted by molar-refractivity contribution is 6.24. The summed E-state index contributed by atoms with van der Waals surface area (Å²) in [7, 11) is 0. The van der Waals surface area contributed by atoms with Crippen molar-refractivity contribution in [2.24, 2.45) is 0 Å². The molecule has 0 atom stereocenters. The fourth-order valence-electron chi connectivity index (χ4n) is 7.39. The standard InChI is InChI=1S/C42H22N2O3/c1-3-11-26-23(9-1)19-30(40-37(26)28-13-5-7-15-34(28)45-40)25-17-18-36-32(21-25)39-42(47-36)43-22-33(44-39)31-20-24-10-2-4-12-27(24)38-29-14-6-8-16-35(29)46-41(31)38/h1-22H. The number of benzene rings is 7. The van der Waals surface area contributed by atoms with Crippen LogP contribution >= 0.6 is 0 Å². The summed E-state index contributed by atoms with van der Waals surface area (Å²) in [5, 5.41) is 9.90. The van der Waals surface area contributed by atoms with Gasteiger partial charge in [-0.25, -0.2) is 9.97 Å². The molecule has 11 aromatic rings. The van der Waals surface area contributed by atoms with Crippen LogP contribution < -0.4 is 0 Å². The van der Waals surface area contributed by atoms with Crippen molar-refractivity contribution >= 4 is 87.6 Å². The van der Waals surface area contributed by atoms with Gasteiger partial charge in [0.25, 0.3) is 0 Å². The Bertz CT molecular complexity index is 2880. The smallest absolute Gasteiger partial charge is 0.246 e. The van der Waals surface area contributed by atoms with Gasteiger partial charge in [0.05, 0.1) is 11.9 Å². The van der Waals surface area contributed by atoms with Gasteiger partial charge in [-0.05, 0) is 63.5 Å². The Morgan fingerprint density at radius 1 is 0.447 bits per heavy atom. The summed E-state index contributed by atoms with van der Waals surface area (Å²) in [5.74, 6) is 0. The van der Waals surface area contributed by atoms with Crippen LogP contribution in [0.2, 0.25) is 0 Å². The van der Waals surface area contributed by atoms with E-state index < -0.39 is 0 Å². The molecule has 0 radical (unpaired) electrons. The van der Waals surface area contributed by atoms with Gasteiger partial charge in [-0.1, -0.05) is 91.0 Å². The first-order chi connectivity index (χ1) is 23.3. The van der Waals surface area contributed by atoms with Gasteiger partial charge in [0.15, 0.2) is 0 Å². The maximum Gasteiger partial charge on any atom is 0.246 e. The molecule has 4 heterocycles. The molecule has 47 heavy (non-hydrogen) atoms. The Balaban J connectivity index is 1.17. The van der Waals surface area contributed by atoms with Crippen LogP contribution in [-0.4, -0.2) is 9.97 Å². The van der Waals surface area contributed by atoms with Crippen molar-refractivity contribution in [3.8, 4) is 22.4 Å². The predicted molar refractivity (Wildman–Crippen MR) is 190 cm³/mol. The number of nitrogens with zero attached hydrogens (tertiary/aromatic N) is 2. The van der Waals surface area contributed by atoms with Crippen LogP contribution in [0.3, 0.4) is 0 Å². The molecule has 0 bridgehead atoms. The van der Waals surface area contributed by atoms with Crippen LogP contribution in [0.25, 0.3) is 110 Å². The highest BCUT2D eigenvalue weighted by Crippen LogP contribution is 2.43. The van der Waals surface area contributed by atoms with Gasteiger partial charge >= 0.3 is 0 Å². The molecule has 0 fully saturated rings. The van der Waals surface area contributed by atoms with Crippen molar-refractivity contribution in [2.45, 2.75) is 0 Å². The summed E-state index contributed by atoms with van der Waals surface area (Å²) in [6, 6.07) is 43.9. The number of hydrogen-bond acceptors (Lipinski definition) is 5. The maximum atomic E-state index is 6.54. The molecule has 0 N–H and O–H groups in total. The van der Waals surface area contributed by atoms with E-state index in [9.17, 15) is 0 Å². The molecule has 0 saturated carbocycles. The lowest BCUT2D eigenvalue weighted by Crippen LogP contribution is -1.88. The lowest BCUT2D eigenvalue weighted by molar-refractivity contribution is 0.653. The van der Waals surface area contributed by atoms with Crippen LogP contribution in [0.4, 0.5) is 0 Å². The monoisotopic (exact) mass is 602 g/mol. The molecule has 5 heteroatoms. The third kappa shape index (κ3) is 3.43. The fraction of sp³-hybridized carbons (Fsp3) is 0. The highest BCUT2D eigenvalue weighted by Gasteiger charge is 2.21. The Labute approximate surface area is 266 Å². The van der Waals surface area contributed by atoms with E-state index in [2.05, 4.69) is 97.1 Å². The number of furan rings is 3. The largest absolute Gasteiger partial charge is 0.455 e. The molecule has 0 aliphatic heterocycles. The first kappa shape index (κ1) is 24.8. The van der Waals surface area contributed by atoms with Crippen LogP contribution in [0, 0.1) is 0 Å². The number of hydrogen-bond donors (Lipinski definition) is 0. The number of aromatic nitrogens is 2. The first-order valence-electron chi connectivity index (χ1n) is 15.6. The minimum Gasteiger partial charge on any atom is -0.455 e. The normalized spacial score (nSPS) is 12.3. The Hall–Kier alpha value is -6.46. The van der Waals surface area contributed by atoms with Crippen molar-refractivity contribution in [2.75, 3.05) is 0 Å². The lowest BCUT2D eigenvalue weighted by Gasteiger charge is -2.07. The van der Waals surface area contributed by atoms with Crippen molar-refractivity contribution in [3.63, 3.8) is 0 Å². The van der Waals surface area contributed by atoms with Crippen LogP contribution in [0.15, 0.2) is 147 Å². The van der Waals surface area contributed by atoms with E-state index in [0.29, 0.717) is 11.2 Å². The summed E-state index contributed by atoms with van der Waals surface area (Å²) in [6.45, 7) is 0. The molecule has 0 spiro atoms. The molecule has 0 aliphatic carbocycles. The van der Waals surface area contributed by atoms with Gasteiger partial charge in [-0.15, -0.1) is 0 Å². The molecule has 0 aliphatic rings. The summed E-state index contributed by atoms with van der Waals surface area (Å²) in [4.78, 5) is 9.97. The van der Waals surface area contributed by atoms with Gasteiger partial charge in [0.1, 0.15) is 33.4 Å². The molecule has 0 saturated heterocycles. The third-order valence-electron chi connectivity index (χ3n) is 9.51. The quantitative estimate of drug-likeness (QED) is 0.197. The molecule has 0 unspecified atom stereocenters. The van der Waals surface area contributed by atoms with E-state index in [0.717, 1.165) is 93.4 Å². The van der Waals surface area contributed by atoms with Gasteiger partial charge in [-0.2, -0.15) is 0 Å². The molecule has 218 valence electrons. The second-order valence-corrected chi connectivity index (χ2v) is 12.1. The van der Waals surface area contributed by atoms with E-state index in [1.54, 1.807) is 6.20 Å². The molecular formula is C42H22N2O3. The average molecular weight is 603 g/mol. The van der Waals surface area contributed by atoms with E-state index in [1.165, 1.54) is 5.39 Å². The van der Waals surface area contributed by atoms with Crippen molar-refractivity contribution in [1.29, 1.82) is 0 Å². The Kier molecular flexibility index (Phi) is 4.78. The number of fused-ring (bicyclic) bond motifs is 13. The molecule has 0 amide bonds. The SMILES string of the molecule is c1ccc2c(c1)cc(-c1ccc3oc4ncc(-c5cc6ccccc6c6c5oc5ccccc56)nc4c3c1)c1oc3ccccc3c12. The van der Waals surface area contributed by atoms with E-state index in [-0.39, 0.29) is 0 Å². The average Bonchev–Trinajstić information content (AvgIpc) is 3.82. The third-order valence-corrected chi connectivity index (χ3v) is 9.51. The van der Waals surface area contributed by atoms with Gasteiger partial charge in [0, 0.05) is 38.1 Å². The van der Waals surface area contributed by atoms with E-state index in [4.69, 9.17) is 23.2 Å². The zero-order valence-corrected chi connectivity index (χ0v) is 24.8. The molecule has 4 aromatic heterocycles. The van der Waals surface area contributed by atoms with Crippen LogP contribution in [0.1, 0.15) is 0 Å². The maximum absolute atomic E-state index is 6.54. The minimum absolute atomic E-state index is 0.495. The summed E-state index contributed by atoms with van der Waals surface area (Å²) >= 11 is 0. The van der Waals surface area contributed by atoms with Gasteiger partial charge in [0.2, 0.25) is 5.71 Å². The zero-order valence-electron chi connectivity index (χ0n) is 24.8. The van der Waals surface area contributed by atoms with Crippen LogP contribution in [0.5, 0.6) is 0 Å². The van der Waals surface area contributed by atoms with E-state index >= 15 is 0 Å². The second kappa shape index (κ2) is 9.05. The van der Waals surface area contributed by atoms with Crippen molar-refractivity contribution in [1.82, 2.24) is 9.97 Å². The molecule has 5 nitrogen and oxygen atoms in total. The van der Waals surface area contributed by atoms with Gasteiger partial charge in [-0.3, -0.25) is 0 Å². The van der Waals surface area contributed by atoms with Crippen molar-refractivity contribution in [3.05, 3.63) is 134 Å².